The van der Waals surface area contributed by atoms with Crippen LogP contribution in [0.3, 0.4) is 0 Å². The molecule has 32 heavy (non-hydrogen) atoms. The molecule has 2 aliphatic heterocycles. The van der Waals surface area contributed by atoms with Crippen LogP contribution in [0.25, 0.3) is 0 Å². The van der Waals surface area contributed by atoms with Gasteiger partial charge in [0, 0.05) is 22.7 Å². The molecule has 0 bridgehead atoms. The standard InChI is InChI=1S/C26H21ClN2O3/c27-18-8-5-15(6-9-18)17-11-21-25(22(30)12-17)26(29-20-4-2-1-3-19(20)28-21)16-7-10-23-24(13-16)32-14-31-23/h1-10,13,17,26,28-29H,11-12,14H2/t17-,26+/m0/s1. The predicted molar refractivity (Wildman–Crippen MR) is 124 cm³/mol. The summed E-state index contributed by atoms with van der Waals surface area (Å²) in [6.45, 7) is 0.219. The highest BCUT2D eigenvalue weighted by Gasteiger charge is 2.36. The number of ketones is 1. The molecule has 0 spiro atoms. The van der Waals surface area contributed by atoms with Crippen molar-refractivity contribution in [3.8, 4) is 11.5 Å². The number of halogens is 1. The molecule has 0 aromatic heterocycles. The molecule has 3 aromatic rings. The van der Waals surface area contributed by atoms with Crippen LogP contribution >= 0.6 is 11.6 Å². The Kier molecular flexibility index (Phi) is 4.58. The van der Waals surface area contributed by atoms with Gasteiger partial charge in [-0.05, 0) is 59.9 Å². The number of nitrogens with one attached hydrogen (secondary N) is 2. The van der Waals surface area contributed by atoms with Crippen molar-refractivity contribution in [2.24, 2.45) is 0 Å². The van der Waals surface area contributed by atoms with Crippen LogP contribution in [0.2, 0.25) is 5.02 Å². The highest BCUT2D eigenvalue weighted by Crippen LogP contribution is 2.45. The molecule has 0 saturated carbocycles. The molecule has 0 saturated heterocycles. The lowest BCUT2D eigenvalue weighted by atomic mass is 9.78. The van der Waals surface area contributed by atoms with Crippen molar-refractivity contribution in [3.05, 3.63) is 94.1 Å². The maximum atomic E-state index is 13.6. The maximum Gasteiger partial charge on any atom is 0.231 e. The fourth-order valence-corrected chi connectivity index (χ4v) is 4.93. The normalized spacial score (nSPS) is 21.2. The van der Waals surface area contributed by atoms with E-state index in [0.717, 1.165) is 45.9 Å². The number of fused-ring (bicyclic) bond motifs is 2. The number of benzene rings is 3. The Morgan fingerprint density at radius 2 is 1.59 bits per heavy atom. The van der Waals surface area contributed by atoms with Crippen LogP contribution in [0.1, 0.15) is 35.9 Å². The fraction of sp³-hybridized carbons (Fsp3) is 0.192. The largest absolute Gasteiger partial charge is 0.454 e. The topological polar surface area (TPSA) is 59.6 Å². The summed E-state index contributed by atoms with van der Waals surface area (Å²) >= 11 is 6.08. The first-order chi connectivity index (χ1) is 15.7. The third-order valence-corrected chi connectivity index (χ3v) is 6.63. The Morgan fingerprint density at radius 3 is 2.44 bits per heavy atom. The van der Waals surface area contributed by atoms with Gasteiger partial charge in [-0.2, -0.15) is 0 Å². The number of hydrogen-bond acceptors (Lipinski definition) is 5. The number of carbonyl (C=O) groups excluding carboxylic acids is 1. The van der Waals surface area contributed by atoms with Gasteiger partial charge in [0.05, 0.1) is 17.4 Å². The lowest BCUT2D eigenvalue weighted by molar-refractivity contribution is -0.116. The minimum Gasteiger partial charge on any atom is -0.454 e. The number of rotatable bonds is 2. The summed E-state index contributed by atoms with van der Waals surface area (Å²) < 4.78 is 11.1. The molecule has 5 nitrogen and oxygen atoms in total. The van der Waals surface area contributed by atoms with Gasteiger partial charge in [-0.25, -0.2) is 0 Å². The first-order valence-corrected chi connectivity index (χ1v) is 11.1. The molecule has 0 fully saturated rings. The molecule has 1 aliphatic carbocycles. The van der Waals surface area contributed by atoms with Crippen molar-refractivity contribution >= 4 is 28.8 Å². The summed E-state index contributed by atoms with van der Waals surface area (Å²) in [5, 5.41) is 7.87. The Hall–Kier alpha value is -3.44. The number of allylic oxidation sites excluding steroid dienone is 1. The number of anilines is 2. The quantitative estimate of drug-likeness (QED) is 0.504. The van der Waals surface area contributed by atoms with Crippen LogP contribution in [-0.2, 0) is 4.79 Å². The zero-order chi connectivity index (χ0) is 21.7. The van der Waals surface area contributed by atoms with Crippen molar-refractivity contribution in [1.82, 2.24) is 0 Å². The highest BCUT2D eigenvalue weighted by molar-refractivity contribution is 6.30. The van der Waals surface area contributed by atoms with Gasteiger partial charge in [-0.3, -0.25) is 4.79 Å². The number of ether oxygens (including phenoxy) is 2. The second-order valence-electron chi connectivity index (χ2n) is 8.33. The molecule has 3 aromatic carbocycles. The van der Waals surface area contributed by atoms with E-state index in [9.17, 15) is 4.79 Å². The van der Waals surface area contributed by atoms with Crippen molar-refractivity contribution in [1.29, 1.82) is 0 Å². The van der Waals surface area contributed by atoms with Crippen LogP contribution in [0.15, 0.2) is 78.0 Å². The third kappa shape index (κ3) is 3.30. The molecule has 6 rings (SSSR count). The number of Topliss-reactive ketones (excluding diaryl/α,β-unsaturated/α-hetero) is 1. The van der Waals surface area contributed by atoms with E-state index in [1.165, 1.54) is 0 Å². The second-order valence-corrected chi connectivity index (χ2v) is 8.77. The van der Waals surface area contributed by atoms with E-state index in [1.54, 1.807) is 0 Å². The average Bonchev–Trinajstić information content (AvgIpc) is 3.20. The van der Waals surface area contributed by atoms with Gasteiger partial charge in [0.15, 0.2) is 17.3 Å². The molecule has 6 heteroatoms. The summed E-state index contributed by atoms with van der Waals surface area (Å²) in [6.07, 6.45) is 1.21. The Bertz CT molecular complexity index is 1250. The van der Waals surface area contributed by atoms with Gasteiger partial charge >= 0.3 is 0 Å². The van der Waals surface area contributed by atoms with E-state index < -0.39 is 0 Å². The zero-order valence-corrected chi connectivity index (χ0v) is 18.0. The molecule has 2 atom stereocenters. The summed E-state index contributed by atoms with van der Waals surface area (Å²) in [4.78, 5) is 13.6. The predicted octanol–water partition coefficient (Wildman–Crippen LogP) is 6.05. The minimum atomic E-state index is -0.283. The van der Waals surface area contributed by atoms with E-state index in [2.05, 4.69) is 10.6 Å². The Labute approximate surface area is 191 Å². The fourth-order valence-electron chi connectivity index (χ4n) is 4.81. The number of para-hydroxylation sites is 2. The van der Waals surface area contributed by atoms with Gasteiger partial charge in [0.2, 0.25) is 6.79 Å². The van der Waals surface area contributed by atoms with Crippen molar-refractivity contribution in [2.75, 3.05) is 17.4 Å². The van der Waals surface area contributed by atoms with Crippen molar-refractivity contribution in [3.63, 3.8) is 0 Å². The van der Waals surface area contributed by atoms with E-state index in [-0.39, 0.29) is 24.5 Å². The molecule has 0 amide bonds. The Morgan fingerprint density at radius 1 is 0.844 bits per heavy atom. The molecule has 160 valence electrons. The molecule has 2 N–H and O–H groups in total. The molecule has 0 radical (unpaired) electrons. The minimum absolute atomic E-state index is 0.105. The molecule has 2 heterocycles. The Balaban J connectivity index is 1.45. The molecular weight excluding hydrogens is 424 g/mol. The summed E-state index contributed by atoms with van der Waals surface area (Å²) in [5.74, 6) is 1.68. The van der Waals surface area contributed by atoms with Crippen LogP contribution in [0, 0.1) is 0 Å². The van der Waals surface area contributed by atoms with Crippen LogP contribution in [-0.4, -0.2) is 12.6 Å². The monoisotopic (exact) mass is 444 g/mol. The van der Waals surface area contributed by atoms with Gasteiger partial charge in [0.25, 0.3) is 0 Å². The second kappa shape index (κ2) is 7.61. The molecule has 0 unspecified atom stereocenters. The van der Waals surface area contributed by atoms with E-state index >= 15 is 0 Å². The highest BCUT2D eigenvalue weighted by atomic mass is 35.5. The van der Waals surface area contributed by atoms with Crippen molar-refractivity contribution in [2.45, 2.75) is 24.8 Å². The van der Waals surface area contributed by atoms with Crippen LogP contribution in [0.4, 0.5) is 11.4 Å². The first-order valence-electron chi connectivity index (χ1n) is 10.7. The van der Waals surface area contributed by atoms with Crippen LogP contribution in [0.5, 0.6) is 11.5 Å². The van der Waals surface area contributed by atoms with Crippen molar-refractivity contribution < 1.29 is 14.3 Å². The van der Waals surface area contributed by atoms with Gasteiger partial charge in [-0.1, -0.05) is 41.9 Å². The maximum absolute atomic E-state index is 13.6. The number of hydrogen-bond donors (Lipinski definition) is 2. The van der Waals surface area contributed by atoms with E-state index in [1.807, 2.05) is 66.7 Å². The number of carbonyl (C=O) groups is 1. The lowest BCUT2D eigenvalue weighted by Crippen LogP contribution is -2.26. The average molecular weight is 445 g/mol. The SMILES string of the molecule is O=C1C[C@@H](c2ccc(Cl)cc2)CC2=C1[C@@H](c1ccc3c(c1)OCO3)Nc1ccccc1N2. The zero-order valence-electron chi connectivity index (χ0n) is 17.2. The van der Waals surface area contributed by atoms with Gasteiger partial charge in [0.1, 0.15) is 0 Å². The van der Waals surface area contributed by atoms with E-state index in [0.29, 0.717) is 17.2 Å². The molecule has 3 aliphatic rings. The van der Waals surface area contributed by atoms with E-state index in [4.69, 9.17) is 21.1 Å². The summed E-state index contributed by atoms with van der Waals surface area (Å²) in [7, 11) is 0. The summed E-state index contributed by atoms with van der Waals surface area (Å²) in [5.41, 5.74) is 5.76. The summed E-state index contributed by atoms with van der Waals surface area (Å²) in [6, 6.07) is 21.5. The smallest absolute Gasteiger partial charge is 0.231 e. The molecular formula is C26H21ClN2O3. The first kappa shape index (κ1) is 19.3. The van der Waals surface area contributed by atoms with Gasteiger partial charge < -0.3 is 20.1 Å². The third-order valence-electron chi connectivity index (χ3n) is 6.38. The lowest BCUT2D eigenvalue weighted by Gasteiger charge is -2.30. The van der Waals surface area contributed by atoms with Gasteiger partial charge in [-0.15, -0.1) is 0 Å². The van der Waals surface area contributed by atoms with Crippen LogP contribution < -0.4 is 20.1 Å².